The molecule has 2 saturated carbocycles. The zero-order valence-electron chi connectivity index (χ0n) is 20.4. The van der Waals surface area contributed by atoms with Crippen molar-refractivity contribution >= 4 is 5.97 Å². The Morgan fingerprint density at radius 3 is 2.71 bits per heavy atom. The molecule has 34 heavy (non-hydrogen) atoms. The van der Waals surface area contributed by atoms with Crippen molar-refractivity contribution in [1.82, 2.24) is 0 Å². The minimum absolute atomic E-state index is 0.0127. The predicted molar refractivity (Wildman–Crippen MR) is 127 cm³/mol. The molecule has 6 rings (SSSR count). The highest BCUT2D eigenvalue weighted by atomic mass is 16.6. The summed E-state index contributed by atoms with van der Waals surface area (Å²) in [7, 11) is 1.37. The van der Waals surface area contributed by atoms with Crippen LogP contribution in [0.2, 0.25) is 0 Å². The van der Waals surface area contributed by atoms with Gasteiger partial charge in [-0.15, -0.1) is 0 Å². The number of esters is 1. The van der Waals surface area contributed by atoms with Gasteiger partial charge in [-0.2, -0.15) is 0 Å². The molecule has 3 fully saturated rings. The number of methoxy groups -OCH3 is 1. The molecule has 4 aliphatic carbocycles. The molecule has 5 nitrogen and oxygen atoms in total. The van der Waals surface area contributed by atoms with Gasteiger partial charge in [-0.1, -0.05) is 56.3 Å². The second-order valence-corrected chi connectivity index (χ2v) is 11.4. The first kappa shape index (κ1) is 22.1. The van der Waals surface area contributed by atoms with Gasteiger partial charge in [0.1, 0.15) is 18.0 Å². The van der Waals surface area contributed by atoms with Crippen molar-refractivity contribution < 1.29 is 24.1 Å². The lowest BCUT2D eigenvalue weighted by Crippen LogP contribution is -2.61. The Hall–Kier alpha value is -2.37. The molecule has 1 saturated heterocycles. The second-order valence-electron chi connectivity index (χ2n) is 11.4. The minimum atomic E-state index is -1.48. The maximum Gasteiger partial charge on any atom is 0.338 e. The smallest absolute Gasteiger partial charge is 0.338 e. The maximum atomic E-state index is 12.8. The van der Waals surface area contributed by atoms with Crippen molar-refractivity contribution in [1.29, 1.82) is 0 Å². The normalized spacial score (nSPS) is 45.7. The third kappa shape index (κ3) is 2.55. The van der Waals surface area contributed by atoms with E-state index in [9.17, 15) is 9.90 Å². The molecule has 8 atom stereocenters. The van der Waals surface area contributed by atoms with Gasteiger partial charge < -0.3 is 19.3 Å². The van der Waals surface area contributed by atoms with Crippen LogP contribution in [0.3, 0.4) is 0 Å². The lowest BCUT2D eigenvalue weighted by atomic mass is 9.48. The molecule has 1 spiro atoms. The molecule has 0 unspecified atom stereocenters. The van der Waals surface area contributed by atoms with Crippen LogP contribution in [0.15, 0.2) is 66.0 Å². The number of epoxide rings is 1. The number of carbonyl (C=O) groups is 1. The van der Waals surface area contributed by atoms with Crippen LogP contribution in [0.1, 0.15) is 45.6 Å². The number of aliphatic hydroxyl groups is 1. The number of allylic oxidation sites excluding steroid dienone is 3. The monoisotopic (exact) mass is 462 g/mol. The summed E-state index contributed by atoms with van der Waals surface area (Å²) >= 11 is 0. The van der Waals surface area contributed by atoms with E-state index in [2.05, 4.69) is 50.3 Å². The fourth-order valence-electron chi connectivity index (χ4n) is 8.16. The van der Waals surface area contributed by atoms with Crippen LogP contribution in [0.25, 0.3) is 0 Å². The number of fused-ring (bicyclic) bond motifs is 3. The van der Waals surface area contributed by atoms with E-state index in [-0.39, 0.29) is 34.9 Å². The molecule has 1 aromatic rings. The van der Waals surface area contributed by atoms with Crippen molar-refractivity contribution in [2.75, 3.05) is 7.11 Å². The lowest BCUT2D eigenvalue weighted by molar-refractivity contribution is -0.186. The summed E-state index contributed by atoms with van der Waals surface area (Å²) in [6.07, 6.45) is 11.2. The fraction of sp³-hybridized carbons (Fsp3) is 0.552. The molecule has 1 heterocycles. The van der Waals surface area contributed by atoms with E-state index in [0.29, 0.717) is 13.0 Å². The number of benzene rings is 1. The van der Waals surface area contributed by atoms with Gasteiger partial charge in [-0.3, -0.25) is 0 Å². The molecule has 5 aliphatic rings. The van der Waals surface area contributed by atoms with Crippen LogP contribution < -0.4 is 0 Å². The molecule has 180 valence electrons. The van der Waals surface area contributed by atoms with Gasteiger partial charge in [0, 0.05) is 10.8 Å². The summed E-state index contributed by atoms with van der Waals surface area (Å²) in [5, 5.41) is 11.7. The van der Waals surface area contributed by atoms with Crippen LogP contribution in [0.4, 0.5) is 0 Å². The quantitative estimate of drug-likeness (QED) is 0.518. The molecule has 1 aliphatic heterocycles. The Kier molecular flexibility index (Phi) is 4.61. The average Bonchev–Trinajstić information content (AvgIpc) is 3.52. The van der Waals surface area contributed by atoms with Crippen molar-refractivity contribution in [3.8, 4) is 0 Å². The van der Waals surface area contributed by atoms with Crippen molar-refractivity contribution in [3.63, 3.8) is 0 Å². The van der Waals surface area contributed by atoms with Crippen molar-refractivity contribution in [2.45, 2.75) is 63.9 Å². The maximum absolute atomic E-state index is 12.8. The van der Waals surface area contributed by atoms with Crippen LogP contribution >= 0.6 is 0 Å². The molecular formula is C29H34O5. The lowest BCUT2D eigenvalue weighted by Gasteiger charge is -2.54. The fourth-order valence-corrected chi connectivity index (χ4v) is 8.16. The van der Waals surface area contributed by atoms with Crippen LogP contribution in [-0.4, -0.2) is 35.5 Å². The molecular weight excluding hydrogens is 428 g/mol. The summed E-state index contributed by atoms with van der Waals surface area (Å²) in [4.78, 5) is 12.8. The number of hydrogen-bond acceptors (Lipinski definition) is 5. The van der Waals surface area contributed by atoms with E-state index in [1.165, 1.54) is 12.7 Å². The minimum Gasteiger partial charge on any atom is -0.489 e. The summed E-state index contributed by atoms with van der Waals surface area (Å²) in [6, 6.07) is 10.2. The number of ether oxygens (including phenoxy) is 3. The Labute approximate surface area is 201 Å². The molecule has 1 aromatic carbocycles. The molecule has 0 radical (unpaired) electrons. The highest BCUT2D eigenvalue weighted by Gasteiger charge is 2.82. The third-order valence-corrected chi connectivity index (χ3v) is 10.0. The van der Waals surface area contributed by atoms with Gasteiger partial charge >= 0.3 is 5.97 Å². The van der Waals surface area contributed by atoms with E-state index in [4.69, 9.17) is 14.2 Å². The summed E-state index contributed by atoms with van der Waals surface area (Å²) < 4.78 is 17.8. The standard InChI is InChI=1S/C29H34O5/c1-18-14-23-22-11-10-20-15-21(33-17-19-8-6-5-7-9-19)12-13-26(20,2)29(22)24(34-29)16-27(23,3)28(18,31)25(30)32-4/h5-10,12-13,15,18,22-24,31H,11,14,16-17H2,1-4H3/t18-,22+,23+,24+,26+,27+,28+,29-/m1/s1. The summed E-state index contributed by atoms with van der Waals surface area (Å²) in [5.41, 5.74) is -0.191. The second kappa shape index (κ2) is 7.08. The van der Waals surface area contributed by atoms with E-state index >= 15 is 0 Å². The van der Waals surface area contributed by atoms with Gasteiger partial charge in [0.25, 0.3) is 0 Å². The summed E-state index contributed by atoms with van der Waals surface area (Å²) in [5.74, 6) is 0.651. The molecule has 0 aromatic heterocycles. The summed E-state index contributed by atoms with van der Waals surface area (Å²) in [6.45, 7) is 6.89. The molecule has 0 amide bonds. The SMILES string of the molecule is COC(=O)[C@@]1(O)[C@H](C)C[C@H]2[C@@H]3CC=C4C=C(OCc5ccccc5)C=C[C@]4(C)[C@@]34O[C@H]4C[C@@]21C. The zero-order chi connectivity index (χ0) is 23.9. The molecule has 1 N–H and O–H groups in total. The number of hydrogen-bond donors (Lipinski definition) is 1. The van der Waals surface area contributed by atoms with Crippen molar-refractivity contribution in [3.05, 3.63) is 71.5 Å². The van der Waals surface area contributed by atoms with Crippen LogP contribution in [0, 0.1) is 28.6 Å². The predicted octanol–water partition coefficient (Wildman–Crippen LogP) is 4.72. The highest BCUT2D eigenvalue weighted by Crippen LogP contribution is 2.75. The molecule has 0 bridgehead atoms. The first-order valence-corrected chi connectivity index (χ1v) is 12.5. The highest BCUT2D eigenvalue weighted by molar-refractivity contribution is 5.81. The van der Waals surface area contributed by atoms with Crippen molar-refractivity contribution in [2.24, 2.45) is 28.6 Å². The third-order valence-electron chi connectivity index (χ3n) is 10.0. The Balaban J connectivity index is 1.31. The van der Waals surface area contributed by atoms with Gasteiger partial charge in [-0.05, 0) is 67.2 Å². The topological polar surface area (TPSA) is 68.3 Å². The van der Waals surface area contributed by atoms with Gasteiger partial charge in [-0.25, -0.2) is 4.79 Å². The van der Waals surface area contributed by atoms with E-state index < -0.39 is 17.0 Å². The Bertz CT molecular complexity index is 1120. The Morgan fingerprint density at radius 2 is 1.97 bits per heavy atom. The molecule has 5 heteroatoms. The first-order valence-electron chi connectivity index (χ1n) is 12.5. The average molecular weight is 463 g/mol. The van der Waals surface area contributed by atoms with Crippen LogP contribution in [0.5, 0.6) is 0 Å². The van der Waals surface area contributed by atoms with E-state index in [0.717, 1.165) is 24.2 Å². The zero-order valence-corrected chi connectivity index (χ0v) is 20.4. The van der Waals surface area contributed by atoms with Crippen LogP contribution in [-0.2, 0) is 25.6 Å². The van der Waals surface area contributed by atoms with Gasteiger partial charge in [0.15, 0.2) is 5.60 Å². The van der Waals surface area contributed by atoms with E-state index in [1.807, 2.05) is 25.1 Å². The number of rotatable bonds is 4. The van der Waals surface area contributed by atoms with Gasteiger partial charge in [0.2, 0.25) is 0 Å². The Morgan fingerprint density at radius 1 is 1.21 bits per heavy atom. The number of carbonyl (C=O) groups excluding carboxylic acids is 1. The first-order chi connectivity index (χ1) is 16.2. The largest absolute Gasteiger partial charge is 0.489 e. The van der Waals surface area contributed by atoms with E-state index in [1.54, 1.807) is 0 Å². The van der Waals surface area contributed by atoms with Gasteiger partial charge in [0.05, 0.1) is 13.2 Å².